The van der Waals surface area contributed by atoms with Crippen LogP contribution in [0.2, 0.25) is 0 Å². The molecule has 1 heterocycles. The van der Waals surface area contributed by atoms with Crippen LogP contribution in [0.3, 0.4) is 0 Å². The van der Waals surface area contributed by atoms with Gasteiger partial charge in [0.05, 0.1) is 13.5 Å². The number of esters is 1. The van der Waals surface area contributed by atoms with Gasteiger partial charge in [-0.1, -0.05) is 15.9 Å². The molecule has 0 saturated carbocycles. The van der Waals surface area contributed by atoms with Crippen molar-refractivity contribution in [3.8, 4) is 5.88 Å². The summed E-state index contributed by atoms with van der Waals surface area (Å²) in [5.41, 5.74) is 0.577. The molecule has 0 N–H and O–H groups in total. The van der Waals surface area contributed by atoms with Gasteiger partial charge < -0.3 is 9.47 Å². The summed E-state index contributed by atoms with van der Waals surface area (Å²) in [6.45, 7) is 0. The number of methoxy groups -OCH3 is 1. The van der Waals surface area contributed by atoms with Crippen molar-refractivity contribution in [2.45, 2.75) is 18.1 Å². The van der Waals surface area contributed by atoms with Crippen LogP contribution in [0.1, 0.15) is 11.1 Å². The third kappa shape index (κ3) is 4.79. The average Bonchev–Trinajstić information content (AvgIpc) is 2.31. The molecule has 19 heavy (non-hydrogen) atoms. The summed E-state index contributed by atoms with van der Waals surface area (Å²) in [6, 6.07) is 0. The molecule has 0 unspecified atom stereocenters. The van der Waals surface area contributed by atoms with Crippen molar-refractivity contribution >= 4 is 44.5 Å². The van der Waals surface area contributed by atoms with Gasteiger partial charge in [0.2, 0.25) is 5.88 Å². The molecule has 0 aliphatic carbocycles. The molecule has 106 valence electrons. The van der Waals surface area contributed by atoms with Gasteiger partial charge in [0, 0.05) is 20.7 Å². The van der Waals surface area contributed by atoms with Crippen molar-refractivity contribution in [2.75, 3.05) is 7.11 Å². The first-order valence-electron chi connectivity index (χ1n) is 4.83. The van der Waals surface area contributed by atoms with Crippen LogP contribution in [0.4, 0.5) is 13.2 Å². The van der Waals surface area contributed by atoms with Crippen LogP contribution in [0.25, 0.3) is 0 Å². The van der Waals surface area contributed by atoms with Gasteiger partial charge >= 0.3 is 12.3 Å². The number of hydrogen-bond donors (Lipinski definition) is 0. The SMILES string of the molecule is COC(=O)Cc1c(I)cnc(OC(F)(F)F)c1CBr. The van der Waals surface area contributed by atoms with E-state index in [0.29, 0.717) is 9.13 Å². The number of carbonyl (C=O) groups excluding carboxylic acids is 1. The van der Waals surface area contributed by atoms with Gasteiger partial charge in [0.1, 0.15) is 0 Å². The second kappa shape index (κ2) is 6.73. The fraction of sp³-hybridized carbons (Fsp3) is 0.400. The maximum Gasteiger partial charge on any atom is 0.574 e. The summed E-state index contributed by atoms with van der Waals surface area (Å²) in [6.07, 6.45) is -3.77. The zero-order valence-electron chi connectivity index (χ0n) is 9.55. The Kier molecular flexibility index (Phi) is 5.83. The summed E-state index contributed by atoms with van der Waals surface area (Å²) in [4.78, 5) is 14.9. The van der Waals surface area contributed by atoms with Crippen LogP contribution >= 0.6 is 38.5 Å². The maximum absolute atomic E-state index is 12.2. The zero-order valence-corrected chi connectivity index (χ0v) is 13.3. The number of aromatic nitrogens is 1. The Morgan fingerprint density at radius 2 is 2.11 bits per heavy atom. The van der Waals surface area contributed by atoms with Crippen molar-refractivity contribution in [2.24, 2.45) is 0 Å². The number of hydrogen-bond acceptors (Lipinski definition) is 4. The molecule has 0 amide bonds. The van der Waals surface area contributed by atoms with Crippen LogP contribution in [0, 0.1) is 3.57 Å². The van der Waals surface area contributed by atoms with Crippen LogP contribution < -0.4 is 4.74 Å². The number of pyridine rings is 1. The Bertz CT molecular complexity index is 482. The molecule has 0 saturated heterocycles. The molecule has 0 aromatic carbocycles. The third-order valence-electron chi connectivity index (χ3n) is 2.10. The van der Waals surface area contributed by atoms with E-state index in [1.807, 2.05) is 22.6 Å². The fourth-order valence-corrected chi connectivity index (χ4v) is 2.52. The van der Waals surface area contributed by atoms with Crippen LogP contribution in [0.5, 0.6) is 5.88 Å². The highest BCUT2D eigenvalue weighted by Gasteiger charge is 2.33. The Hall–Kier alpha value is -0.580. The molecular weight excluding hydrogens is 446 g/mol. The van der Waals surface area contributed by atoms with E-state index in [1.54, 1.807) is 0 Å². The molecule has 0 aliphatic heterocycles. The number of carbonyl (C=O) groups is 1. The second-order valence-corrected chi connectivity index (χ2v) is 5.03. The second-order valence-electron chi connectivity index (χ2n) is 3.30. The molecular formula is C10H8BrF3INO3. The van der Waals surface area contributed by atoms with Gasteiger partial charge in [-0.05, 0) is 28.2 Å². The van der Waals surface area contributed by atoms with Crippen molar-refractivity contribution in [3.63, 3.8) is 0 Å². The summed E-state index contributed by atoms with van der Waals surface area (Å²) < 4.78 is 45.7. The van der Waals surface area contributed by atoms with Crippen molar-refractivity contribution in [3.05, 3.63) is 20.9 Å². The Morgan fingerprint density at radius 1 is 1.47 bits per heavy atom. The fourth-order valence-electron chi connectivity index (χ4n) is 1.29. The lowest BCUT2D eigenvalue weighted by atomic mass is 10.1. The van der Waals surface area contributed by atoms with E-state index in [-0.39, 0.29) is 17.3 Å². The number of halogens is 5. The van der Waals surface area contributed by atoms with Gasteiger partial charge in [-0.15, -0.1) is 13.2 Å². The lowest BCUT2D eigenvalue weighted by Crippen LogP contribution is -2.20. The molecule has 0 fully saturated rings. The highest BCUT2D eigenvalue weighted by molar-refractivity contribution is 14.1. The summed E-state index contributed by atoms with van der Waals surface area (Å²) in [5, 5.41) is 0.0780. The van der Waals surface area contributed by atoms with Crippen molar-refractivity contribution in [1.82, 2.24) is 4.98 Å². The highest BCUT2D eigenvalue weighted by atomic mass is 127. The predicted octanol–water partition coefficient (Wildman–Crippen LogP) is 3.20. The maximum atomic E-state index is 12.2. The zero-order chi connectivity index (χ0) is 14.6. The topological polar surface area (TPSA) is 48.4 Å². The van der Waals surface area contributed by atoms with Gasteiger partial charge in [-0.25, -0.2) is 4.98 Å². The Labute approximate surface area is 128 Å². The molecule has 1 aromatic heterocycles. The highest BCUT2D eigenvalue weighted by Crippen LogP contribution is 2.31. The van der Waals surface area contributed by atoms with Crippen molar-refractivity contribution < 1.29 is 27.4 Å². The smallest absolute Gasteiger partial charge is 0.469 e. The summed E-state index contributed by atoms with van der Waals surface area (Å²) >= 11 is 4.96. The normalized spacial score (nSPS) is 11.3. The number of nitrogens with zero attached hydrogens (tertiary/aromatic N) is 1. The Morgan fingerprint density at radius 3 is 2.58 bits per heavy atom. The van der Waals surface area contributed by atoms with E-state index in [9.17, 15) is 18.0 Å². The molecule has 4 nitrogen and oxygen atoms in total. The number of alkyl halides is 4. The van der Waals surface area contributed by atoms with Gasteiger partial charge in [0.15, 0.2) is 0 Å². The molecule has 1 rings (SSSR count). The lowest BCUT2D eigenvalue weighted by molar-refractivity contribution is -0.276. The first-order valence-corrected chi connectivity index (χ1v) is 7.03. The van der Waals surface area contributed by atoms with Crippen LogP contribution in [0.15, 0.2) is 6.20 Å². The number of ether oxygens (including phenoxy) is 2. The van der Waals surface area contributed by atoms with E-state index >= 15 is 0 Å². The summed E-state index contributed by atoms with van der Waals surface area (Å²) in [5.74, 6) is -1.12. The minimum absolute atomic E-state index is 0.0780. The molecule has 0 atom stereocenters. The molecule has 1 aromatic rings. The van der Waals surface area contributed by atoms with E-state index in [0.717, 1.165) is 0 Å². The molecule has 0 bridgehead atoms. The van der Waals surface area contributed by atoms with Gasteiger partial charge in [-0.2, -0.15) is 0 Å². The van der Waals surface area contributed by atoms with Crippen molar-refractivity contribution in [1.29, 1.82) is 0 Å². The largest absolute Gasteiger partial charge is 0.574 e. The molecule has 0 radical (unpaired) electrons. The minimum atomic E-state index is -4.83. The Balaban J connectivity index is 3.21. The van der Waals surface area contributed by atoms with Crippen LogP contribution in [-0.4, -0.2) is 24.4 Å². The predicted molar refractivity (Wildman–Crippen MR) is 72.0 cm³/mol. The first-order chi connectivity index (χ1) is 8.78. The quantitative estimate of drug-likeness (QED) is 0.399. The number of rotatable bonds is 4. The first kappa shape index (κ1) is 16.5. The van der Waals surface area contributed by atoms with E-state index in [2.05, 4.69) is 30.4 Å². The third-order valence-corrected chi connectivity index (χ3v) is 3.59. The monoisotopic (exact) mass is 453 g/mol. The minimum Gasteiger partial charge on any atom is -0.469 e. The van der Waals surface area contributed by atoms with E-state index < -0.39 is 18.2 Å². The molecule has 0 aliphatic rings. The average molecular weight is 454 g/mol. The molecule has 0 spiro atoms. The van der Waals surface area contributed by atoms with Gasteiger partial charge in [-0.3, -0.25) is 4.79 Å². The van der Waals surface area contributed by atoms with Gasteiger partial charge in [0.25, 0.3) is 0 Å². The lowest BCUT2D eigenvalue weighted by Gasteiger charge is -2.15. The molecule has 9 heteroatoms. The summed E-state index contributed by atoms with van der Waals surface area (Å²) in [7, 11) is 1.21. The van der Waals surface area contributed by atoms with E-state index in [1.165, 1.54) is 13.3 Å². The van der Waals surface area contributed by atoms with E-state index in [4.69, 9.17) is 0 Å². The van der Waals surface area contributed by atoms with Crippen LogP contribution in [-0.2, 0) is 21.3 Å². The standard InChI is InChI=1S/C10H8BrF3INO3/c1-18-8(17)2-5-6(3-11)9(16-4-7(5)15)19-10(12,13)14/h4H,2-3H2,1H3.